The van der Waals surface area contributed by atoms with Crippen molar-refractivity contribution in [3.8, 4) is 17.5 Å². The Morgan fingerprint density at radius 3 is 2.65 bits per heavy atom. The maximum Gasteiger partial charge on any atom is 0.331 e. The number of nitrogens with zero attached hydrogens (tertiary/aromatic N) is 3. The van der Waals surface area contributed by atoms with Crippen LogP contribution in [-0.2, 0) is 16.1 Å². The number of aryl methyl sites for hydroxylation is 2. The number of ether oxygens (including phenoxy) is 1. The van der Waals surface area contributed by atoms with Crippen LogP contribution in [0, 0.1) is 25.2 Å². The molecule has 0 radical (unpaired) electrons. The smallest absolute Gasteiger partial charge is 0.331 e. The normalized spacial score (nSPS) is 10.8. The number of esters is 1. The number of hydrogen-bond donors (Lipinski definition) is 0. The second kappa shape index (κ2) is 7.49. The Balaban J connectivity index is 1.57. The van der Waals surface area contributed by atoms with E-state index >= 15 is 0 Å². The Bertz CT molecular complexity index is 991. The van der Waals surface area contributed by atoms with Crippen LogP contribution in [0.25, 0.3) is 17.5 Å². The number of benzene rings is 1. The molecule has 130 valence electrons. The zero-order chi connectivity index (χ0) is 18.5. The Kier molecular flexibility index (Phi) is 4.94. The van der Waals surface area contributed by atoms with Crippen molar-refractivity contribution in [3.63, 3.8) is 0 Å². The SMILES string of the molecule is Cc1cc(-c2nnc(COC(=O)/C=C/c3ccc(C#N)cc3)o2)c(C)o1. The molecule has 0 unspecified atom stereocenters. The largest absolute Gasteiger partial charge is 0.466 e. The molecule has 0 saturated carbocycles. The summed E-state index contributed by atoms with van der Waals surface area (Å²) in [6.07, 6.45) is 2.89. The van der Waals surface area contributed by atoms with E-state index in [2.05, 4.69) is 10.2 Å². The van der Waals surface area contributed by atoms with Crippen LogP contribution in [-0.4, -0.2) is 16.2 Å². The van der Waals surface area contributed by atoms with Crippen LogP contribution in [0.5, 0.6) is 0 Å². The third kappa shape index (κ3) is 4.05. The minimum atomic E-state index is -0.538. The number of hydrogen-bond acceptors (Lipinski definition) is 7. The summed E-state index contributed by atoms with van der Waals surface area (Å²) < 4.78 is 16.0. The molecule has 0 fully saturated rings. The molecule has 0 saturated heterocycles. The van der Waals surface area contributed by atoms with Crippen LogP contribution in [0.15, 0.2) is 45.2 Å². The van der Waals surface area contributed by atoms with Crippen molar-refractivity contribution in [1.82, 2.24) is 10.2 Å². The highest BCUT2D eigenvalue weighted by molar-refractivity contribution is 5.87. The average Bonchev–Trinajstić information content (AvgIpc) is 3.24. The van der Waals surface area contributed by atoms with Gasteiger partial charge in [0.1, 0.15) is 11.5 Å². The van der Waals surface area contributed by atoms with Gasteiger partial charge in [0.15, 0.2) is 6.61 Å². The molecule has 0 atom stereocenters. The van der Waals surface area contributed by atoms with E-state index in [1.165, 1.54) is 6.08 Å². The van der Waals surface area contributed by atoms with Crippen LogP contribution in [0.4, 0.5) is 0 Å². The zero-order valence-electron chi connectivity index (χ0n) is 14.2. The van der Waals surface area contributed by atoms with Crippen molar-refractivity contribution in [2.75, 3.05) is 0 Å². The molecule has 1 aromatic carbocycles. The van der Waals surface area contributed by atoms with Gasteiger partial charge >= 0.3 is 5.97 Å². The third-order valence-corrected chi connectivity index (χ3v) is 3.53. The van der Waals surface area contributed by atoms with Crippen molar-refractivity contribution in [2.45, 2.75) is 20.5 Å². The molecule has 3 rings (SSSR count). The average molecular weight is 349 g/mol. The predicted molar refractivity (Wildman–Crippen MR) is 91.5 cm³/mol. The molecule has 26 heavy (non-hydrogen) atoms. The first-order valence-corrected chi connectivity index (χ1v) is 7.80. The minimum absolute atomic E-state index is 0.126. The van der Waals surface area contributed by atoms with Crippen molar-refractivity contribution in [3.05, 3.63) is 64.9 Å². The number of nitriles is 1. The Hall–Kier alpha value is -3.66. The van der Waals surface area contributed by atoms with Crippen molar-refractivity contribution in [1.29, 1.82) is 5.26 Å². The fraction of sp³-hybridized carbons (Fsp3) is 0.158. The van der Waals surface area contributed by atoms with E-state index in [1.54, 1.807) is 43.3 Å². The molecule has 3 aromatic rings. The van der Waals surface area contributed by atoms with Gasteiger partial charge < -0.3 is 13.6 Å². The van der Waals surface area contributed by atoms with Gasteiger partial charge in [0.05, 0.1) is 17.2 Å². The topological polar surface area (TPSA) is 102 Å². The summed E-state index contributed by atoms with van der Waals surface area (Å²) in [5, 5.41) is 16.5. The quantitative estimate of drug-likeness (QED) is 0.512. The fourth-order valence-electron chi connectivity index (χ4n) is 2.28. The Labute approximate surface area is 149 Å². The van der Waals surface area contributed by atoms with Gasteiger partial charge in [-0.15, -0.1) is 10.2 Å². The van der Waals surface area contributed by atoms with Crippen LogP contribution >= 0.6 is 0 Å². The molecular formula is C19H15N3O4. The molecule has 0 N–H and O–H groups in total. The third-order valence-electron chi connectivity index (χ3n) is 3.53. The lowest BCUT2D eigenvalue weighted by Gasteiger charge is -1.97. The van der Waals surface area contributed by atoms with Gasteiger partial charge in [-0.1, -0.05) is 12.1 Å². The Morgan fingerprint density at radius 2 is 2.00 bits per heavy atom. The molecule has 2 heterocycles. The van der Waals surface area contributed by atoms with E-state index in [0.717, 1.165) is 11.3 Å². The number of furan rings is 1. The summed E-state index contributed by atoms with van der Waals surface area (Å²) in [7, 11) is 0. The molecule has 7 nitrogen and oxygen atoms in total. The van der Waals surface area contributed by atoms with Gasteiger partial charge in [0.25, 0.3) is 11.8 Å². The monoisotopic (exact) mass is 349 g/mol. The maximum absolute atomic E-state index is 11.8. The van der Waals surface area contributed by atoms with Gasteiger partial charge in [-0.3, -0.25) is 0 Å². The van der Waals surface area contributed by atoms with Crippen molar-refractivity contribution < 1.29 is 18.4 Å². The van der Waals surface area contributed by atoms with Gasteiger partial charge in [-0.25, -0.2) is 4.79 Å². The summed E-state index contributed by atoms with van der Waals surface area (Å²) in [6, 6.07) is 10.7. The lowest BCUT2D eigenvalue weighted by Crippen LogP contribution is -2.00. The second-order valence-electron chi connectivity index (χ2n) is 5.50. The molecule has 2 aromatic heterocycles. The van der Waals surface area contributed by atoms with Gasteiger partial charge in [-0.2, -0.15) is 5.26 Å². The highest BCUT2D eigenvalue weighted by Crippen LogP contribution is 2.25. The van der Waals surface area contributed by atoms with Crippen LogP contribution < -0.4 is 0 Å². The first-order valence-electron chi connectivity index (χ1n) is 7.80. The van der Waals surface area contributed by atoms with E-state index in [9.17, 15) is 4.79 Å². The lowest BCUT2D eigenvalue weighted by molar-refractivity contribution is -0.139. The van der Waals surface area contributed by atoms with E-state index in [4.69, 9.17) is 18.8 Å². The molecule has 0 amide bonds. The second-order valence-corrected chi connectivity index (χ2v) is 5.50. The zero-order valence-corrected chi connectivity index (χ0v) is 14.2. The minimum Gasteiger partial charge on any atom is -0.466 e. The first kappa shape index (κ1) is 17.2. The summed E-state index contributed by atoms with van der Waals surface area (Å²) in [4.78, 5) is 11.8. The number of rotatable bonds is 5. The highest BCUT2D eigenvalue weighted by atomic mass is 16.5. The predicted octanol–water partition coefficient (Wildman–Crippen LogP) is 3.57. The highest BCUT2D eigenvalue weighted by Gasteiger charge is 2.15. The first-order chi connectivity index (χ1) is 12.5. The van der Waals surface area contributed by atoms with Crippen LogP contribution in [0.3, 0.4) is 0 Å². The summed E-state index contributed by atoms with van der Waals surface area (Å²) in [5.41, 5.74) is 2.06. The number of carbonyl (C=O) groups excluding carboxylic acids is 1. The lowest BCUT2D eigenvalue weighted by atomic mass is 10.1. The number of carbonyl (C=O) groups is 1. The van der Waals surface area contributed by atoms with Gasteiger partial charge in [-0.05, 0) is 43.7 Å². The van der Waals surface area contributed by atoms with Crippen molar-refractivity contribution >= 4 is 12.0 Å². The molecule has 0 aliphatic rings. The molecule has 0 spiro atoms. The summed E-state index contributed by atoms with van der Waals surface area (Å²) >= 11 is 0. The van der Waals surface area contributed by atoms with E-state index in [1.807, 2.05) is 13.0 Å². The van der Waals surface area contributed by atoms with Crippen LogP contribution in [0.2, 0.25) is 0 Å². The maximum atomic E-state index is 11.8. The fourth-order valence-corrected chi connectivity index (χ4v) is 2.28. The number of aromatic nitrogens is 2. The molecule has 0 bridgehead atoms. The molecular weight excluding hydrogens is 334 g/mol. The molecule has 0 aliphatic carbocycles. The molecule has 7 heteroatoms. The van der Waals surface area contributed by atoms with E-state index in [-0.39, 0.29) is 12.5 Å². The van der Waals surface area contributed by atoms with Crippen molar-refractivity contribution in [2.24, 2.45) is 0 Å². The van der Waals surface area contributed by atoms with Gasteiger partial charge in [0.2, 0.25) is 0 Å². The standard InChI is InChI=1S/C19H15N3O4/c1-12-9-16(13(2)25-12)19-22-21-17(26-19)11-24-18(23)8-7-14-3-5-15(10-20)6-4-14/h3-9H,11H2,1-2H3/b8-7+. The van der Waals surface area contributed by atoms with E-state index < -0.39 is 5.97 Å². The Morgan fingerprint density at radius 1 is 1.23 bits per heavy atom. The van der Waals surface area contributed by atoms with Crippen LogP contribution in [0.1, 0.15) is 28.5 Å². The molecule has 0 aliphatic heterocycles. The van der Waals surface area contributed by atoms with Gasteiger partial charge in [0, 0.05) is 6.08 Å². The van der Waals surface area contributed by atoms with E-state index in [0.29, 0.717) is 22.8 Å². The summed E-state index contributed by atoms with van der Waals surface area (Å²) in [5.74, 6) is 1.40. The summed E-state index contributed by atoms with van der Waals surface area (Å²) in [6.45, 7) is 3.51.